The summed E-state index contributed by atoms with van der Waals surface area (Å²) in [6.07, 6.45) is -9.63. The van der Waals surface area contributed by atoms with Crippen LogP contribution in [0, 0.1) is 0 Å². The zero-order valence-corrected chi connectivity index (χ0v) is 7.47. The SMILES string of the molecule is O=S(=O)(OC(F)(F)C(F)=C(F)F)C(F)(F)F. The first-order valence-corrected chi connectivity index (χ1v) is 4.33. The minimum absolute atomic E-state index is 2.01. The molecule has 0 aromatic rings. The highest BCUT2D eigenvalue weighted by molar-refractivity contribution is 7.87. The molecule has 0 rings (SSSR count). The van der Waals surface area contributed by atoms with Crippen molar-refractivity contribution < 1.29 is 47.7 Å². The standard InChI is InChI=1S/C4F8O3S/c5-1(2(6)7)3(8,9)15-16(13,14)4(10,11)12. The predicted octanol–water partition coefficient (Wildman–Crippen LogP) is 2.52. The summed E-state index contributed by atoms with van der Waals surface area (Å²) >= 11 is 0. The van der Waals surface area contributed by atoms with Crippen LogP contribution in [0.3, 0.4) is 0 Å². The van der Waals surface area contributed by atoms with E-state index in [1.54, 1.807) is 0 Å². The highest BCUT2D eigenvalue weighted by atomic mass is 32.2. The maximum absolute atomic E-state index is 12.1. The van der Waals surface area contributed by atoms with Crippen LogP contribution in [0.25, 0.3) is 0 Å². The average Bonchev–Trinajstić information content (AvgIpc) is 1.98. The molecule has 0 aromatic carbocycles. The van der Waals surface area contributed by atoms with Crippen molar-refractivity contribution in [2.45, 2.75) is 11.6 Å². The van der Waals surface area contributed by atoms with Crippen LogP contribution in [0.4, 0.5) is 35.1 Å². The zero-order chi connectivity index (χ0) is 13.4. The van der Waals surface area contributed by atoms with E-state index in [2.05, 4.69) is 0 Å². The first kappa shape index (κ1) is 15.1. The summed E-state index contributed by atoms with van der Waals surface area (Å²) in [5.41, 5.74) is -6.29. The van der Waals surface area contributed by atoms with Gasteiger partial charge in [0, 0.05) is 0 Å². The van der Waals surface area contributed by atoms with E-state index in [4.69, 9.17) is 0 Å². The molecule has 0 aliphatic rings. The smallest absolute Gasteiger partial charge is 0.196 e. The minimum Gasteiger partial charge on any atom is -0.196 e. The van der Waals surface area contributed by atoms with Gasteiger partial charge in [0.1, 0.15) is 0 Å². The Hall–Kier alpha value is -0.910. The Bertz CT molecular complexity index is 388. The molecule has 96 valence electrons. The first-order chi connectivity index (χ1) is 6.81. The van der Waals surface area contributed by atoms with Gasteiger partial charge in [-0.3, -0.25) is 0 Å². The van der Waals surface area contributed by atoms with Gasteiger partial charge < -0.3 is 0 Å². The van der Waals surface area contributed by atoms with Crippen LogP contribution in [-0.2, 0) is 14.3 Å². The van der Waals surface area contributed by atoms with E-state index in [0.29, 0.717) is 0 Å². The predicted molar refractivity (Wildman–Crippen MR) is 31.4 cm³/mol. The topological polar surface area (TPSA) is 43.4 Å². The van der Waals surface area contributed by atoms with Crippen LogP contribution in [0.5, 0.6) is 0 Å². The fourth-order valence-corrected chi connectivity index (χ4v) is 0.775. The monoisotopic (exact) mass is 280 g/mol. The van der Waals surface area contributed by atoms with Gasteiger partial charge in [0.05, 0.1) is 0 Å². The fraction of sp³-hybridized carbons (Fsp3) is 0.500. The lowest BCUT2D eigenvalue weighted by molar-refractivity contribution is -0.169. The van der Waals surface area contributed by atoms with Crippen molar-refractivity contribution in [3.8, 4) is 0 Å². The van der Waals surface area contributed by atoms with Gasteiger partial charge in [-0.2, -0.15) is 47.7 Å². The summed E-state index contributed by atoms with van der Waals surface area (Å²) in [4.78, 5) is 0. The molecule has 0 unspecified atom stereocenters. The van der Waals surface area contributed by atoms with E-state index in [1.165, 1.54) is 0 Å². The highest BCUT2D eigenvalue weighted by Gasteiger charge is 2.55. The minimum atomic E-state index is -6.89. The molecule has 0 radical (unpaired) electrons. The van der Waals surface area contributed by atoms with Crippen molar-refractivity contribution in [2.75, 3.05) is 0 Å². The van der Waals surface area contributed by atoms with Crippen molar-refractivity contribution in [2.24, 2.45) is 0 Å². The third kappa shape index (κ3) is 3.30. The molecule has 0 bridgehead atoms. The molecule has 0 spiro atoms. The molecule has 12 heteroatoms. The molecule has 0 saturated heterocycles. The van der Waals surface area contributed by atoms with Gasteiger partial charge >= 0.3 is 27.8 Å². The summed E-state index contributed by atoms with van der Waals surface area (Å²) in [6.45, 7) is 0. The zero-order valence-electron chi connectivity index (χ0n) is 6.66. The maximum atomic E-state index is 12.1. The lowest BCUT2D eigenvalue weighted by atomic mass is 10.5. The van der Waals surface area contributed by atoms with E-state index in [1.807, 2.05) is 4.18 Å². The Labute approximate surface area is 82.4 Å². The summed E-state index contributed by atoms with van der Waals surface area (Å²) in [7, 11) is -6.89. The second-order valence-electron chi connectivity index (χ2n) is 2.07. The molecular formula is C4F8O3S. The van der Waals surface area contributed by atoms with Crippen LogP contribution in [0.15, 0.2) is 11.9 Å². The van der Waals surface area contributed by atoms with Crippen molar-refractivity contribution in [1.29, 1.82) is 0 Å². The van der Waals surface area contributed by atoms with Gasteiger partial charge in [0.2, 0.25) is 0 Å². The van der Waals surface area contributed by atoms with Crippen molar-refractivity contribution in [3.63, 3.8) is 0 Å². The van der Waals surface area contributed by atoms with Gasteiger partial charge in [-0.15, -0.1) is 0 Å². The van der Waals surface area contributed by atoms with Crippen molar-refractivity contribution >= 4 is 10.1 Å². The second kappa shape index (κ2) is 4.16. The Kier molecular flexibility index (Phi) is 3.92. The summed E-state index contributed by atoms with van der Waals surface area (Å²) in [5.74, 6) is -3.72. The van der Waals surface area contributed by atoms with E-state index in [-0.39, 0.29) is 0 Å². The summed E-state index contributed by atoms with van der Waals surface area (Å²) in [6, 6.07) is 0. The van der Waals surface area contributed by atoms with Crippen molar-refractivity contribution in [1.82, 2.24) is 0 Å². The molecule has 0 aromatic heterocycles. The lowest BCUT2D eigenvalue weighted by Crippen LogP contribution is -2.34. The molecule has 0 saturated carbocycles. The molecule has 0 atom stereocenters. The molecule has 0 amide bonds. The molecule has 3 nitrogen and oxygen atoms in total. The summed E-state index contributed by atoms with van der Waals surface area (Å²) < 4.78 is 115. The van der Waals surface area contributed by atoms with E-state index in [9.17, 15) is 43.5 Å². The van der Waals surface area contributed by atoms with E-state index in [0.717, 1.165) is 0 Å². The average molecular weight is 280 g/mol. The number of halogens is 8. The van der Waals surface area contributed by atoms with Crippen LogP contribution < -0.4 is 0 Å². The Balaban J connectivity index is 5.24. The second-order valence-corrected chi connectivity index (χ2v) is 3.61. The molecule has 0 fully saturated rings. The van der Waals surface area contributed by atoms with Crippen molar-refractivity contribution in [3.05, 3.63) is 11.9 Å². The molecule has 16 heavy (non-hydrogen) atoms. The maximum Gasteiger partial charge on any atom is 0.523 e. The third-order valence-electron chi connectivity index (χ3n) is 0.919. The van der Waals surface area contributed by atoms with Gasteiger partial charge in [0.15, 0.2) is 0 Å². The normalized spacial score (nSPS) is 13.8. The molecule has 0 aliphatic heterocycles. The highest BCUT2D eigenvalue weighted by Crippen LogP contribution is 2.36. The van der Waals surface area contributed by atoms with E-state index < -0.39 is 33.6 Å². The Morgan fingerprint density at radius 3 is 1.56 bits per heavy atom. The fourth-order valence-electron chi connectivity index (χ4n) is 0.332. The quantitative estimate of drug-likeness (QED) is 0.453. The molecule has 0 heterocycles. The van der Waals surface area contributed by atoms with Crippen LogP contribution in [0.2, 0.25) is 0 Å². The van der Waals surface area contributed by atoms with Gasteiger partial charge in [-0.05, 0) is 0 Å². The van der Waals surface area contributed by atoms with Crippen LogP contribution in [-0.4, -0.2) is 20.0 Å². The summed E-state index contributed by atoms with van der Waals surface area (Å²) in [5, 5.41) is 0. The lowest BCUT2D eigenvalue weighted by Gasteiger charge is -2.14. The molecule has 0 N–H and O–H groups in total. The van der Waals surface area contributed by atoms with Crippen LogP contribution in [0.1, 0.15) is 0 Å². The Morgan fingerprint density at radius 1 is 0.938 bits per heavy atom. The Morgan fingerprint density at radius 2 is 1.31 bits per heavy atom. The third-order valence-corrected chi connectivity index (χ3v) is 1.91. The number of hydrogen-bond donors (Lipinski definition) is 0. The van der Waals surface area contributed by atoms with Gasteiger partial charge in [0.25, 0.3) is 5.83 Å². The largest absolute Gasteiger partial charge is 0.523 e. The molecular weight excluding hydrogens is 280 g/mol. The first-order valence-electron chi connectivity index (χ1n) is 2.92. The van der Waals surface area contributed by atoms with Gasteiger partial charge in [-0.1, -0.05) is 0 Å². The number of rotatable bonds is 3. The van der Waals surface area contributed by atoms with Crippen LogP contribution >= 0.6 is 0 Å². The van der Waals surface area contributed by atoms with E-state index >= 15 is 0 Å². The van der Waals surface area contributed by atoms with Gasteiger partial charge in [-0.25, -0.2) is 0 Å². The number of alkyl halides is 5. The molecule has 0 aliphatic carbocycles. The number of hydrogen-bond acceptors (Lipinski definition) is 3.